The first-order valence-electron chi connectivity index (χ1n) is 13.2. The highest BCUT2D eigenvalue weighted by Crippen LogP contribution is 2.46. The number of rotatable bonds is 6. The molecule has 0 spiro atoms. The van der Waals surface area contributed by atoms with E-state index in [9.17, 15) is 0 Å². The summed E-state index contributed by atoms with van der Waals surface area (Å²) in [5.41, 5.74) is 1.89. The second kappa shape index (κ2) is 9.79. The number of hydrogen-bond acceptors (Lipinski definition) is 10. The summed E-state index contributed by atoms with van der Waals surface area (Å²) in [4.78, 5) is 38.8. The van der Waals surface area contributed by atoms with Gasteiger partial charge < -0.3 is 0 Å². The summed E-state index contributed by atoms with van der Waals surface area (Å²) in [5, 5.41) is 6.67. The summed E-state index contributed by atoms with van der Waals surface area (Å²) in [6.45, 7) is 0. The maximum atomic E-state index is 4.57. The maximum absolute atomic E-state index is 4.57. The molecule has 8 rings (SSSR count). The number of nitrogens with zero attached hydrogens (tertiary/aromatic N) is 10. The molecule has 0 aliphatic heterocycles. The molecule has 0 saturated carbocycles. The van der Waals surface area contributed by atoms with Crippen LogP contribution in [0.25, 0.3) is 32.3 Å². The molecule has 0 aliphatic carbocycles. The van der Waals surface area contributed by atoms with Gasteiger partial charge in [-0.1, -0.05) is 36.4 Å². The standard InChI is InChI=1S/C32H20N10/c1-5-23-25(41(27-9-13-33-17-37-27)28-10-14-34-18-38-28)8-4-22-2-6-24-26(7-3-21(1)31(24)32(22)23)42(29-11-15-35-19-39-29)30-12-16-36-20-40-30/h1-20H. The van der Waals surface area contributed by atoms with Crippen molar-refractivity contribution >= 4 is 67.0 Å². The number of hydrogen-bond donors (Lipinski definition) is 0. The van der Waals surface area contributed by atoms with E-state index in [-0.39, 0.29) is 0 Å². The van der Waals surface area contributed by atoms with Gasteiger partial charge in [-0.05, 0) is 57.9 Å². The highest BCUT2D eigenvalue weighted by atomic mass is 15.3. The van der Waals surface area contributed by atoms with E-state index in [1.807, 2.05) is 34.1 Å². The Bertz CT molecular complexity index is 1910. The van der Waals surface area contributed by atoms with Gasteiger partial charge in [0.1, 0.15) is 48.6 Å². The monoisotopic (exact) mass is 544 g/mol. The minimum atomic E-state index is 0.707. The third-order valence-electron chi connectivity index (χ3n) is 7.28. The molecule has 0 aliphatic rings. The Morgan fingerprint density at radius 2 is 0.690 bits per heavy atom. The van der Waals surface area contributed by atoms with Crippen LogP contribution in [0, 0.1) is 0 Å². The third-order valence-corrected chi connectivity index (χ3v) is 7.28. The zero-order valence-electron chi connectivity index (χ0n) is 22.0. The van der Waals surface area contributed by atoms with E-state index < -0.39 is 0 Å². The molecule has 0 amide bonds. The van der Waals surface area contributed by atoms with Gasteiger partial charge in [0, 0.05) is 35.6 Å². The average molecular weight is 545 g/mol. The molecule has 4 heterocycles. The minimum absolute atomic E-state index is 0.707. The number of anilines is 6. The van der Waals surface area contributed by atoms with Crippen molar-refractivity contribution < 1.29 is 0 Å². The molecule has 0 bridgehead atoms. The fourth-order valence-corrected chi connectivity index (χ4v) is 5.55. The highest BCUT2D eigenvalue weighted by molar-refractivity contribution is 6.28. The van der Waals surface area contributed by atoms with Crippen molar-refractivity contribution in [1.82, 2.24) is 39.9 Å². The molecular weight excluding hydrogens is 524 g/mol. The predicted molar refractivity (Wildman–Crippen MR) is 162 cm³/mol. The van der Waals surface area contributed by atoms with Crippen LogP contribution in [0.3, 0.4) is 0 Å². The zero-order chi connectivity index (χ0) is 27.9. The molecule has 4 aromatic heterocycles. The predicted octanol–water partition coefficient (Wildman–Crippen LogP) is 6.68. The smallest absolute Gasteiger partial charge is 0.142 e. The van der Waals surface area contributed by atoms with Crippen LogP contribution in [-0.4, -0.2) is 39.9 Å². The summed E-state index contributed by atoms with van der Waals surface area (Å²) in [5.74, 6) is 2.83. The van der Waals surface area contributed by atoms with Crippen LogP contribution in [-0.2, 0) is 0 Å². The molecule has 8 aromatic rings. The lowest BCUT2D eigenvalue weighted by atomic mass is 9.92. The van der Waals surface area contributed by atoms with Gasteiger partial charge in [-0.2, -0.15) is 0 Å². The van der Waals surface area contributed by atoms with Crippen molar-refractivity contribution in [3.63, 3.8) is 0 Å². The maximum Gasteiger partial charge on any atom is 0.142 e. The van der Waals surface area contributed by atoms with Gasteiger partial charge in [-0.25, -0.2) is 39.9 Å². The Kier molecular flexibility index (Phi) is 5.52. The quantitative estimate of drug-likeness (QED) is 0.210. The molecule has 0 saturated heterocycles. The van der Waals surface area contributed by atoms with Gasteiger partial charge in [0.15, 0.2) is 0 Å². The lowest BCUT2D eigenvalue weighted by Gasteiger charge is -2.27. The summed E-state index contributed by atoms with van der Waals surface area (Å²) in [7, 11) is 0. The van der Waals surface area contributed by atoms with E-state index >= 15 is 0 Å². The van der Waals surface area contributed by atoms with Crippen LogP contribution in [0.15, 0.2) is 123 Å². The Morgan fingerprint density at radius 3 is 1.00 bits per heavy atom. The number of benzene rings is 4. The van der Waals surface area contributed by atoms with Crippen LogP contribution in [0.4, 0.5) is 34.6 Å². The fourth-order valence-electron chi connectivity index (χ4n) is 5.55. The largest absolute Gasteiger partial charge is 0.278 e. The first-order chi connectivity index (χ1) is 20.9. The fraction of sp³-hybridized carbons (Fsp3) is 0. The van der Waals surface area contributed by atoms with Gasteiger partial charge in [-0.15, -0.1) is 0 Å². The first-order valence-corrected chi connectivity index (χ1v) is 13.2. The first kappa shape index (κ1) is 23.7. The van der Waals surface area contributed by atoms with Crippen molar-refractivity contribution in [3.05, 3.63) is 123 Å². The summed E-state index contributed by atoms with van der Waals surface area (Å²) in [6, 6.07) is 24.7. The van der Waals surface area contributed by atoms with Crippen molar-refractivity contribution in [2.45, 2.75) is 0 Å². The molecule has 42 heavy (non-hydrogen) atoms. The molecule has 0 atom stereocenters. The molecule has 198 valence electrons. The topological polar surface area (TPSA) is 110 Å². The Labute approximate surface area is 239 Å². The number of aromatic nitrogens is 8. The lowest BCUT2D eigenvalue weighted by molar-refractivity contribution is 1.06. The van der Waals surface area contributed by atoms with Gasteiger partial charge in [-0.3, -0.25) is 9.80 Å². The van der Waals surface area contributed by atoms with E-state index in [1.54, 1.807) is 50.1 Å². The van der Waals surface area contributed by atoms with Crippen molar-refractivity contribution in [1.29, 1.82) is 0 Å². The summed E-state index contributed by atoms with van der Waals surface area (Å²) < 4.78 is 0. The third kappa shape index (κ3) is 3.81. The Balaban J connectivity index is 1.42. The van der Waals surface area contributed by atoms with Crippen LogP contribution in [0.1, 0.15) is 0 Å². The SMILES string of the molecule is c1cc(N(c2ccncn2)c2ccc3ccc4c(N(c5ccncn5)c5ccncn5)ccc5ccc2c3c54)ncn1. The zero-order valence-corrected chi connectivity index (χ0v) is 22.0. The molecule has 0 fully saturated rings. The van der Waals surface area contributed by atoms with Gasteiger partial charge in [0.05, 0.1) is 11.4 Å². The van der Waals surface area contributed by atoms with E-state index in [4.69, 9.17) is 0 Å². The molecule has 4 aromatic carbocycles. The Morgan fingerprint density at radius 1 is 0.357 bits per heavy atom. The van der Waals surface area contributed by atoms with Crippen LogP contribution < -0.4 is 9.80 Å². The molecule has 0 unspecified atom stereocenters. The van der Waals surface area contributed by atoms with E-state index in [2.05, 4.69) is 88.4 Å². The molecule has 0 N–H and O–H groups in total. The van der Waals surface area contributed by atoms with Gasteiger partial charge in [0.2, 0.25) is 0 Å². The second-order valence-electron chi connectivity index (χ2n) is 9.53. The second-order valence-corrected chi connectivity index (χ2v) is 9.53. The normalized spacial score (nSPS) is 11.3. The van der Waals surface area contributed by atoms with Crippen molar-refractivity contribution in [2.75, 3.05) is 9.80 Å². The summed E-state index contributed by atoms with van der Waals surface area (Å²) in [6.07, 6.45) is 13.1. The van der Waals surface area contributed by atoms with Crippen LogP contribution >= 0.6 is 0 Å². The highest BCUT2D eigenvalue weighted by Gasteiger charge is 2.23. The Hall–Kier alpha value is -6.16. The van der Waals surface area contributed by atoms with E-state index in [0.29, 0.717) is 23.3 Å². The van der Waals surface area contributed by atoms with E-state index in [0.717, 1.165) is 43.7 Å². The molecule has 10 nitrogen and oxygen atoms in total. The van der Waals surface area contributed by atoms with E-state index in [1.165, 1.54) is 0 Å². The summed E-state index contributed by atoms with van der Waals surface area (Å²) >= 11 is 0. The lowest BCUT2D eigenvalue weighted by Crippen LogP contribution is -2.14. The van der Waals surface area contributed by atoms with Crippen molar-refractivity contribution in [2.24, 2.45) is 0 Å². The van der Waals surface area contributed by atoms with Crippen molar-refractivity contribution in [3.8, 4) is 0 Å². The van der Waals surface area contributed by atoms with Crippen LogP contribution in [0.2, 0.25) is 0 Å². The van der Waals surface area contributed by atoms with Gasteiger partial charge in [0.25, 0.3) is 0 Å². The van der Waals surface area contributed by atoms with Crippen LogP contribution in [0.5, 0.6) is 0 Å². The molecule has 0 radical (unpaired) electrons. The molecular formula is C32H20N10. The minimum Gasteiger partial charge on any atom is -0.278 e. The molecule has 10 heteroatoms. The van der Waals surface area contributed by atoms with Gasteiger partial charge >= 0.3 is 0 Å². The average Bonchev–Trinajstić information content (AvgIpc) is 3.07.